The summed E-state index contributed by atoms with van der Waals surface area (Å²) in [4.78, 5) is 11.6. The van der Waals surface area contributed by atoms with Crippen LogP contribution in [0.15, 0.2) is 16.6 Å². The quantitative estimate of drug-likeness (QED) is 0.563. The molecule has 1 rings (SSSR count). The van der Waals surface area contributed by atoms with Crippen molar-refractivity contribution in [2.75, 3.05) is 6.61 Å². The molecule has 0 aliphatic rings. The van der Waals surface area contributed by atoms with Crippen LogP contribution in [0, 0.1) is 0 Å². The number of ether oxygens (including phenoxy) is 2. The normalized spacial score (nSPS) is 10.6. The van der Waals surface area contributed by atoms with Crippen molar-refractivity contribution in [3.8, 4) is 5.75 Å². The molecule has 0 spiro atoms. The average Bonchev–Trinajstić information content (AvgIpc) is 2.28. The van der Waals surface area contributed by atoms with Crippen molar-refractivity contribution in [2.24, 2.45) is 0 Å². The van der Waals surface area contributed by atoms with Gasteiger partial charge in [0, 0.05) is 9.80 Å². The fourth-order valence-corrected chi connectivity index (χ4v) is 2.57. The molecule has 7 heteroatoms. The predicted molar refractivity (Wildman–Crippen MR) is 69.4 cm³/mol. The Labute approximate surface area is 120 Å². The van der Waals surface area contributed by atoms with Crippen LogP contribution in [0.2, 0.25) is 0 Å². The van der Waals surface area contributed by atoms with Crippen LogP contribution in [-0.4, -0.2) is 19.2 Å². The van der Waals surface area contributed by atoms with Gasteiger partial charge >= 0.3 is 12.6 Å². The highest BCUT2D eigenvalue weighted by Crippen LogP contribution is 2.30. The van der Waals surface area contributed by atoms with E-state index in [0.29, 0.717) is 9.80 Å². The lowest BCUT2D eigenvalue weighted by Crippen LogP contribution is -2.11. The van der Waals surface area contributed by atoms with E-state index in [1.54, 1.807) is 6.92 Å². The Kier molecular flexibility index (Phi) is 6.01. The van der Waals surface area contributed by atoms with E-state index in [4.69, 9.17) is 4.74 Å². The van der Waals surface area contributed by atoms with Crippen molar-refractivity contribution in [1.82, 2.24) is 0 Å². The van der Waals surface area contributed by atoms with Gasteiger partial charge in [-0.25, -0.2) is 4.79 Å². The first-order chi connectivity index (χ1) is 8.49. The van der Waals surface area contributed by atoms with Gasteiger partial charge in [0.2, 0.25) is 0 Å². The first-order valence-corrected chi connectivity index (χ1v) is 6.91. The van der Waals surface area contributed by atoms with Gasteiger partial charge in [0.05, 0.1) is 6.61 Å². The maximum atomic E-state index is 12.3. The molecule has 0 saturated heterocycles. The van der Waals surface area contributed by atoms with Gasteiger partial charge in [-0.1, -0.05) is 31.9 Å². The zero-order valence-corrected chi connectivity index (χ0v) is 12.6. The maximum absolute atomic E-state index is 12.3. The van der Waals surface area contributed by atoms with Crippen LogP contribution in [0.25, 0.3) is 0 Å². The highest BCUT2D eigenvalue weighted by molar-refractivity contribution is 9.10. The van der Waals surface area contributed by atoms with E-state index in [-0.39, 0.29) is 17.9 Å². The zero-order valence-electron chi connectivity index (χ0n) is 9.38. The van der Waals surface area contributed by atoms with Gasteiger partial charge in [0.1, 0.15) is 11.3 Å². The minimum Gasteiger partial charge on any atom is -0.462 e. The molecule has 0 heterocycles. The number of halogens is 4. The summed E-state index contributed by atoms with van der Waals surface area (Å²) in [6.45, 7) is -1.21. The van der Waals surface area contributed by atoms with E-state index in [1.807, 2.05) is 0 Å². The number of esters is 1. The first kappa shape index (κ1) is 15.4. The first-order valence-electron chi connectivity index (χ1n) is 4.99. The summed E-state index contributed by atoms with van der Waals surface area (Å²) in [6, 6.07) is 2.78. The summed E-state index contributed by atoms with van der Waals surface area (Å²) >= 11 is 6.45. The Bertz CT molecular complexity index is 439. The van der Waals surface area contributed by atoms with Crippen molar-refractivity contribution in [3.63, 3.8) is 0 Å². The van der Waals surface area contributed by atoms with Gasteiger partial charge in [-0.05, 0) is 24.6 Å². The molecule has 18 heavy (non-hydrogen) atoms. The Morgan fingerprint density at radius 2 is 2.11 bits per heavy atom. The van der Waals surface area contributed by atoms with E-state index in [9.17, 15) is 13.6 Å². The average molecular weight is 388 g/mol. The van der Waals surface area contributed by atoms with E-state index in [0.717, 1.165) is 5.56 Å². The molecule has 3 nitrogen and oxygen atoms in total. The van der Waals surface area contributed by atoms with E-state index < -0.39 is 12.6 Å². The van der Waals surface area contributed by atoms with Gasteiger partial charge in [0.25, 0.3) is 0 Å². The molecule has 0 radical (unpaired) electrons. The highest BCUT2D eigenvalue weighted by atomic mass is 79.9. The molecule has 100 valence electrons. The SMILES string of the molecule is CCOC(=O)c1cc(CBr)c(Br)cc1OC(F)F. The van der Waals surface area contributed by atoms with Gasteiger partial charge < -0.3 is 9.47 Å². The molecule has 1 aromatic rings. The van der Waals surface area contributed by atoms with Crippen LogP contribution >= 0.6 is 31.9 Å². The second-order valence-corrected chi connectivity index (χ2v) is 4.59. The fourth-order valence-electron chi connectivity index (χ4n) is 1.26. The zero-order chi connectivity index (χ0) is 13.7. The Hall–Kier alpha value is -0.690. The molecular formula is C11H10Br2F2O3. The Morgan fingerprint density at radius 3 is 2.61 bits per heavy atom. The number of rotatable bonds is 5. The molecule has 1 aromatic carbocycles. The van der Waals surface area contributed by atoms with Crippen LogP contribution in [0.4, 0.5) is 8.78 Å². The Morgan fingerprint density at radius 1 is 1.44 bits per heavy atom. The summed E-state index contributed by atoms with van der Waals surface area (Å²) in [5.74, 6) is -0.900. The summed E-state index contributed by atoms with van der Waals surface area (Å²) < 4.78 is 34.2. The Balaban J connectivity index is 3.20. The number of hydrogen-bond donors (Lipinski definition) is 0. The van der Waals surface area contributed by atoms with Gasteiger partial charge in [-0.2, -0.15) is 8.78 Å². The summed E-state index contributed by atoms with van der Waals surface area (Å²) in [5, 5.41) is 0.467. The summed E-state index contributed by atoms with van der Waals surface area (Å²) in [6.07, 6.45) is 0. The molecule has 0 bridgehead atoms. The molecular weight excluding hydrogens is 378 g/mol. The van der Waals surface area contributed by atoms with Crippen molar-refractivity contribution in [3.05, 3.63) is 27.7 Å². The minimum atomic E-state index is -3.00. The summed E-state index contributed by atoms with van der Waals surface area (Å²) in [7, 11) is 0. The smallest absolute Gasteiger partial charge is 0.387 e. The van der Waals surface area contributed by atoms with E-state index >= 15 is 0 Å². The van der Waals surface area contributed by atoms with Crippen molar-refractivity contribution in [1.29, 1.82) is 0 Å². The van der Waals surface area contributed by atoms with Crippen molar-refractivity contribution < 1.29 is 23.0 Å². The number of carbonyl (C=O) groups excluding carboxylic acids is 1. The molecule has 0 fully saturated rings. The molecule has 0 N–H and O–H groups in total. The van der Waals surface area contributed by atoms with Gasteiger partial charge in [0.15, 0.2) is 0 Å². The van der Waals surface area contributed by atoms with E-state index in [1.165, 1.54) is 12.1 Å². The number of hydrogen-bond acceptors (Lipinski definition) is 3. The standard InChI is InChI=1S/C11H10Br2F2O3/c1-2-17-10(16)7-3-6(5-12)8(13)4-9(7)18-11(14)15/h3-4,11H,2,5H2,1H3. The topological polar surface area (TPSA) is 35.5 Å². The van der Waals surface area contributed by atoms with Crippen molar-refractivity contribution in [2.45, 2.75) is 18.9 Å². The lowest BCUT2D eigenvalue weighted by molar-refractivity contribution is -0.0505. The largest absolute Gasteiger partial charge is 0.462 e. The third kappa shape index (κ3) is 3.91. The third-order valence-electron chi connectivity index (χ3n) is 2.00. The van der Waals surface area contributed by atoms with Crippen LogP contribution in [0.3, 0.4) is 0 Å². The molecule has 0 atom stereocenters. The van der Waals surface area contributed by atoms with Crippen LogP contribution in [-0.2, 0) is 10.1 Å². The lowest BCUT2D eigenvalue weighted by Gasteiger charge is -2.12. The predicted octanol–water partition coefficient (Wildman–Crippen LogP) is 4.12. The molecule has 0 saturated carbocycles. The molecule has 0 aromatic heterocycles. The summed E-state index contributed by atoms with van der Waals surface area (Å²) in [5.41, 5.74) is 0.717. The number of alkyl halides is 3. The molecule has 0 aliphatic carbocycles. The fraction of sp³-hybridized carbons (Fsp3) is 0.364. The second kappa shape index (κ2) is 7.04. The number of carbonyl (C=O) groups is 1. The minimum absolute atomic E-state index is 0.0187. The molecule has 0 unspecified atom stereocenters. The highest BCUT2D eigenvalue weighted by Gasteiger charge is 2.19. The van der Waals surface area contributed by atoms with Crippen LogP contribution in [0.1, 0.15) is 22.8 Å². The second-order valence-electron chi connectivity index (χ2n) is 3.17. The molecule has 0 amide bonds. The number of benzene rings is 1. The monoisotopic (exact) mass is 386 g/mol. The molecule has 0 aliphatic heterocycles. The maximum Gasteiger partial charge on any atom is 0.387 e. The van der Waals surface area contributed by atoms with Crippen LogP contribution < -0.4 is 4.74 Å². The third-order valence-corrected chi connectivity index (χ3v) is 3.35. The van der Waals surface area contributed by atoms with Gasteiger partial charge in [-0.15, -0.1) is 0 Å². The van der Waals surface area contributed by atoms with E-state index in [2.05, 4.69) is 36.6 Å². The van der Waals surface area contributed by atoms with Crippen LogP contribution in [0.5, 0.6) is 5.75 Å². The lowest BCUT2D eigenvalue weighted by atomic mass is 10.1. The van der Waals surface area contributed by atoms with Crippen molar-refractivity contribution >= 4 is 37.8 Å². The van der Waals surface area contributed by atoms with Gasteiger partial charge in [-0.3, -0.25) is 0 Å².